The van der Waals surface area contributed by atoms with Crippen LogP contribution in [0, 0.1) is 17.8 Å². The van der Waals surface area contributed by atoms with Gasteiger partial charge in [0.1, 0.15) is 5.78 Å². The van der Waals surface area contributed by atoms with E-state index in [1.165, 1.54) is 0 Å². The highest BCUT2D eigenvalue weighted by atomic mass is 16.5. The van der Waals surface area contributed by atoms with Crippen LogP contribution in [0.3, 0.4) is 0 Å². The van der Waals surface area contributed by atoms with Crippen LogP contribution in [0.4, 0.5) is 0 Å². The van der Waals surface area contributed by atoms with Gasteiger partial charge in [0.15, 0.2) is 0 Å². The smallest absolute Gasteiger partial charge is 0.309 e. The van der Waals surface area contributed by atoms with Crippen molar-refractivity contribution in [3.8, 4) is 0 Å². The second-order valence-corrected chi connectivity index (χ2v) is 4.01. The van der Waals surface area contributed by atoms with Gasteiger partial charge in [0.05, 0.1) is 12.5 Å². The lowest BCUT2D eigenvalue weighted by Gasteiger charge is -2.31. The van der Waals surface area contributed by atoms with Crippen molar-refractivity contribution in [2.24, 2.45) is 17.8 Å². The van der Waals surface area contributed by atoms with Crippen molar-refractivity contribution in [1.82, 2.24) is 0 Å². The van der Waals surface area contributed by atoms with E-state index in [1.807, 2.05) is 13.8 Å². The highest BCUT2D eigenvalue weighted by Gasteiger charge is 2.37. The molecule has 0 aliphatic heterocycles. The summed E-state index contributed by atoms with van der Waals surface area (Å²) in [5, 5.41) is 0. The Morgan fingerprint density at radius 1 is 1.50 bits per heavy atom. The summed E-state index contributed by atoms with van der Waals surface area (Å²) in [6, 6.07) is 0. The van der Waals surface area contributed by atoms with Crippen LogP contribution in [0.5, 0.6) is 0 Å². The fourth-order valence-corrected chi connectivity index (χ4v) is 2.01. The molecule has 1 aliphatic rings. The largest absolute Gasteiger partial charge is 0.466 e. The fourth-order valence-electron chi connectivity index (χ4n) is 2.01. The average Bonchev–Trinajstić information content (AvgIpc) is 2.15. The minimum absolute atomic E-state index is 0.00171. The first-order chi connectivity index (χ1) is 6.57. The molecule has 14 heavy (non-hydrogen) atoms. The van der Waals surface area contributed by atoms with Gasteiger partial charge in [-0.05, 0) is 19.3 Å². The Labute approximate surface area is 84.8 Å². The van der Waals surface area contributed by atoms with E-state index in [9.17, 15) is 9.59 Å². The molecule has 0 bridgehead atoms. The highest BCUT2D eigenvalue weighted by molar-refractivity contribution is 5.84. The molecule has 0 aromatic rings. The number of hydrogen-bond acceptors (Lipinski definition) is 3. The summed E-state index contributed by atoms with van der Waals surface area (Å²) in [6.07, 6.45) is 1.18. The summed E-state index contributed by atoms with van der Waals surface area (Å²) >= 11 is 0. The molecule has 3 heteroatoms. The second-order valence-electron chi connectivity index (χ2n) is 4.01. The summed E-state index contributed by atoms with van der Waals surface area (Å²) in [6.45, 7) is 6.09. The summed E-state index contributed by atoms with van der Waals surface area (Å²) < 4.78 is 4.99. The number of ether oxygens (including phenoxy) is 1. The predicted molar refractivity (Wildman–Crippen MR) is 52.7 cm³/mol. The lowest BCUT2D eigenvalue weighted by Crippen LogP contribution is -2.36. The van der Waals surface area contributed by atoms with E-state index in [2.05, 4.69) is 0 Å². The molecule has 0 N–H and O–H groups in total. The van der Waals surface area contributed by atoms with Gasteiger partial charge >= 0.3 is 5.97 Å². The molecule has 3 nitrogen and oxygen atoms in total. The Balaban J connectivity index is 2.63. The minimum atomic E-state index is -0.139. The molecule has 0 heterocycles. The fraction of sp³-hybridized carbons (Fsp3) is 0.818. The molecular formula is C11H18O3. The first kappa shape index (κ1) is 11.2. The zero-order chi connectivity index (χ0) is 10.7. The maximum atomic E-state index is 11.5. The molecule has 1 saturated carbocycles. The lowest BCUT2D eigenvalue weighted by molar-refractivity contribution is -0.153. The average molecular weight is 198 g/mol. The number of carbonyl (C=O) groups excluding carboxylic acids is 2. The van der Waals surface area contributed by atoms with Crippen molar-refractivity contribution in [3.63, 3.8) is 0 Å². The maximum absolute atomic E-state index is 11.5. The quantitative estimate of drug-likeness (QED) is 0.635. The van der Waals surface area contributed by atoms with Crippen LogP contribution in [0.2, 0.25) is 0 Å². The number of esters is 1. The summed E-state index contributed by atoms with van der Waals surface area (Å²) in [7, 11) is 0. The van der Waals surface area contributed by atoms with E-state index in [0.29, 0.717) is 19.4 Å². The van der Waals surface area contributed by atoms with E-state index in [-0.39, 0.29) is 29.5 Å². The van der Waals surface area contributed by atoms with Crippen LogP contribution < -0.4 is 0 Å². The number of Topliss-reactive ketones (excluding diaryl/α,β-unsaturated/α-hetero) is 1. The third-order valence-electron chi connectivity index (χ3n) is 3.22. The van der Waals surface area contributed by atoms with Gasteiger partial charge in [-0.15, -0.1) is 0 Å². The highest BCUT2D eigenvalue weighted by Crippen LogP contribution is 2.32. The molecular weight excluding hydrogens is 180 g/mol. The second kappa shape index (κ2) is 4.58. The molecule has 0 radical (unpaired) electrons. The van der Waals surface area contributed by atoms with E-state index in [0.717, 1.165) is 0 Å². The Bertz CT molecular complexity index is 235. The summed E-state index contributed by atoms with van der Waals surface area (Å²) in [4.78, 5) is 22.9. The van der Waals surface area contributed by atoms with Crippen LogP contribution in [0.15, 0.2) is 0 Å². The van der Waals surface area contributed by atoms with Crippen molar-refractivity contribution in [3.05, 3.63) is 0 Å². The first-order valence-electron chi connectivity index (χ1n) is 5.27. The van der Waals surface area contributed by atoms with E-state index >= 15 is 0 Å². The van der Waals surface area contributed by atoms with Gasteiger partial charge in [-0.2, -0.15) is 0 Å². The van der Waals surface area contributed by atoms with Crippen molar-refractivity contribution in [1.29, 1.82) is 0 Å². The van der Waals surface area contributed by atoms with Gasteiger partial charge in [0.25, 0.3) is 0 Å². The lowest BCUT2D eigenvalue weighted by atomic mass is 9.73. The number of ketones is 1. The first-order valence-corrected chi connectivity index (χ1v) is 5.27. The third-order valence-corrected chi connectivity index (χ3v) is 3.22. The van der Waals surface area contributed by atoms with E-state index in [4.69, 9.17) is 4.74 Å². The van der Waals surface area contributed by atoms with E-state index in [1.54, 1.807) is 6.92 Å². The Kier molecular flexibility index (Phi) is 3.67. The van der Waals surface area contributed by atoms with Gasteiger partial charge in [0.2, 0.25) is 0 Å². The molecule has 0 aromatic carbocycles. The molecule has 3 atom stereocenters. The van der Waals surface area contributed by atoms with Crippen molar-refractivity contribution in [2.75, 3.05) is 6.61 Å². The molecule has 80 valence electrons. The molecule has 0 aromatic heterocycles. The zero-order valence-electron chi connectivity index (χ0n) is 9.08. The third kappa shape index (κ3) is 2.14. The molecule has 1 aliphatic carbocycles. The van der Waals surface area contributed by atoms with Gasteiger partial charge < -0.3 is 4.74 Å². The molecule has 0 amide bonds. The van der Waals surface area contributed by atoms with Gasteiger partial charge in [-0.3, -0.25) is 9.59 Å². The Morgan fingerprint density at radius 3 is 2.71 bits per heavy atom. The Morgan fingerprint density at radius 2 is 2.14 bits per heavy atom. The topological polar surface area (TPSA) is 43.4 Å². The standard InChI is InChI=1S/C11H18O3/c1-4-14-11(13)9-5-6-10(12)8(3)7(9)2/h7-9H,4-6H2,1-3H3. The zero-order valence-corrected chi connectivity index (χ0v) is 9.08. The van der Waals surface area contributed by atoms with Gasteiger partial charge in [0, 0.05) is 12.3 Å². The monoisotopic (exact) mass is 198 g/mol. The summed E-state index contributed by atoms with van der Waals surface area (Å²) in [5.74, 6) is 0.175. The van der Waals surface area contributed by atoms with Crippen molar-refractivity contribution < 1.29 is 14.3 Å². The van der Waals surface area contributed by atoms with E-state index < -0.39 is 0 Å². The molecule has 1 fully saturated rings. The molecule has 3 unspecified atom stereocenters. The van der Waals surface area contributed by atoms with Crippen LogP contribution >= 0.6 is 0 Å². The number of carbonyl (C=O) groups is 2. The van der Waals surface area contributed by atoms with Gasteiger partial charge in [-0.1, -0.05) is 13.8 Å². The maximum Gasteiger partial charge on any atom is 0.309 e. The van der Waals surface area contributed by atoms with Crippen LogP contribution in [-0.2, 0) is 14.3 Å². The normalized spacial score (nSPS) is 32.8. The molecule has 0 saturated heterocycles. The van der Waals surface area contributed by atoms with Crippen LogP contribution in [0.1, 0.15) is 33.6 Å². The van der Waals surface area contributed by atoms with Gasteiger partial charge in [-0.25, -0.2) is 0 Å². The number of hydrogen-bond donors (Lipinski definition) is 0. The van der Waals surface area contributed by atoms with Crippen LogP contribution in [0.25, 0.3) is 0 Å². The molecule has 0 spiro atoms. The molecule has 1 rings (SSSR count). The number of rotatable bonds is 2. The Hall–Kier alpha value is -0.860. The van der Waals surface area contributed by atoms with Crippen LogP contribution in [-0.4, -0.2) is 18.4 Å². The summed E-state index contributed by atoms with van der Waals surface area (Å²) in [5.41, 5.74) is 0. The minimum Gasteiger partial charge on any atom is -0.466 e. The van der Waals surface area contributed by atoms with Crippen molar-refractivity contribution in [2.45, 2.75) is 33.6 Å². The van der Waals surface area contributed by atoms with Crippen molar-refractivity contribution >= 4 is 11.8 Å². The SMILES string of the molecule is CCOC(=O)C1CCC(=O)C(C)C1C. The predicted octanol–water partition coefficient (Wildman–Crippen LogP) is 1.80.